The second kappa shape index (κ2) is 8.50. The van der Waals surface area contributed by atoms with Crippen molar-refractivity contribution in [2.45, 2.75) is 21.6 Å². The molecule has 1 heterocycles. The molecule has 0 aromatic heterocycles. The fourth-order valence-corrected chi connectivity index (χ4v) is 8.08. The van der Waals surface area contributed by atoms with Gasteiger partial charge in [-0.25, -0.2) is 8.42 Å². The van der Waals surface area contributed by atoms with Crippen molar-refractivity contribution in [3.05, 3.63) is 59.7 Å². The minimum absolute atomic E-state index is 0.101. The third kappa shape index (κ3) is 4.11. The molecule has 1 aliphatic heterocycles. The van der Waals surface area contributed by atoms with Crippen molar-refractivity contribution >= 4 is 20.4 Å². The molecule has 28 heavy (non-hydrogen) atoms. The van der Waals surface area contributed by atoms with Gasteiger partial charge in [0.1, 0.15) is 5.25 Å². The van der Waals surface area contributed by atoms with E-state index in [-0.39, 0.29) is 28.8 Å². The molecule has 1 atom stereocenters. The van der Waals surface area contributed by atoms with E-state index < -0.39 is 25.7 Å². The highest BCUT2D eigenvalue weighted by Crippen LogP contribution is 2.62. The number of fused-ring (bicyclic) bond motifs is 1. The predicted octanol–water partition coefficient (Wildman–Crippen LogP) is 2.11. The first kappa shape index (κ1) is 21.3. The Kier molecular flexibility index (Phi) is 6.45. The Morgan fingerprint density at radius 3 is 2.21 bits per heavy atom. The Morgan fingerprint density at radius 2 is 1.61 bits per heavy atom. The molecule has 3 rings (SSSR count). The summed E-state index contributed by atoms with van der Waals surface area (Å²) in [5.74, 6) is -0.267. The quantitative estimate of drug-likeness (QED) is 0.509. The molecule has 1 unspecified atom stereocenters. The van der Waals surface area contributed by atoms with Crippen LogP contribution in [0.3, 0.4) is 0 Å². The maximum absolute atomic E-state index is 13.3. The van der Waals surface area contributed by atoms with Gasteiger partial charge in [0.05, 0.1) is 28.8 Å². The number of hydrogen-bond acceptors (Lipinski definition) is 7. The Morgan fingerprint density at radius 1 is 0.964 bits per heavy atom. The summed E-state index contributed by atoms with van der Waals surface area (Å²) in [5, 5.41) is 17.4. The van der Waals surface area contributed by atoms with Crippen molar-refractivity contribution in [1.82, 2.24) is 4.90 Å². The highest BCUT2D eigenvalue weighted by atomic mass is 32.3. The van der Waals surface area contributed by atoms with Crippen molar-refractivity contribution in [1.29, 1.82) is 0 Å². The van der Waals surface area contributed by atoms with E-state index in [0.717, 1.165) is 0 Å². The van der Waals surface area contributed by atoms with Crippen LogP contribution in [0.5, 0.6) is 0 Å². The van der Waals surface area contributed by atoms with E-state index >= 15 is 0 Å². The summed E-state index contributed by atoms with van der Waals surface area (Å²) < 4.78 is 47.7. The summed E-state index contributed by atoms with van der Waals surface area (Å²) >= 11 is 0. The van der Waals surface area contributed by atoms with Gasteiger partial charge in [0.15, 0.2) is 9.84 Å². The van der Waals surface area contributed by atoms with Gasteiger partial charge < -0.3 is 10.2 Å². The van der Waals surface area contributed by atoms with Crippen LogP contribution in [0.2, 0.25) is 0 Å². The summed E-state index contributed by atoms with van der Waals surface area (Å²) in [5.41, 5.74) is 1.08. The largest absolute Gasteiger partial charge is 0.395 e. The van der Waals surface area contributed by atoms with Crippen LogP contribution in [0.1, 0.15) is 16.4 Å². The van der Waals surface area contributed by atoms with Gasteiger partial charge in [0.2, 0.25) is 0 Å². The molecule has 0 bridgehead atoms. The van der Waals surface area contributed by atoms with E-state index in [1.807, 2.05) is 0 Å². The first-order valence-corrected chi connectivity index (χ1v) is 12.2. The molecule has 0 saturated carbocycles. The summed E-state index contributed by atoms with van der Waals surface area (Å²) in [6.45, 7) is 0.722. The van der Waals surface area contributed by atoms with Gasteiger partial charge in [-0.3, -0.25) is 14.0 Å². The number of rotatable bonds is 8. The average Bonchev–Trinajstić information content (AvgIpc) is 2.96. The highest BCUT2D eigenvalue weighted by molar-refractivity contribution is 8.25. The van der Waals surface area contributed by atoms with Gasteiger partial charge in [-0.05, 0) is 29.3 Å². The lowest BCUT2D eigenvalue weighted by molar-refractivity contribution is 0.155. The van der Waals surface area contributed by atoms with Gasteiger partial charge in [0, 0.05) is 19.6 Å². The molecule has 1 aliphatic rings. The molecule has 0 radical (unpaired) electrons. The molecule has 4 N–H and O–H groups in total. The average molecular weight is 428 g/mol. The lowest BCUT2D eigenvalue weighted by Gasteiger charge is -2.27. The minimum atomic E-state index is -3.82. The molecule has 0 saturated heterocycles. The minimum Gasteiger partial charge on any atom is -0.395 e. The van der Waals surface area contributed by atoms with Gasteiger partial charge in [-0.1, -0.05) is 30.3 Å². The second-order valence-corrected chi connectivity index (χ2v) is 11.0. The first-order valence-electron chi connectivity index (χ1n) is 8.92. The molecule has 154 valence electrons. The zero-order chi connectivity index (χ0) is 20.4. The maximum Gasteiger partial charge on any atom is 0.187 e. The van der Waals surface area contributed by atoms with E-state index in [1.54, 1.807) is 41.3 Å². The summed E-state index contributed by atoms with van der Waals surface area (Å²) in [7, 11) is -7.05. The summed E-state index contributed by atoms with van der Waals surface area (Å²) in [6.07, 6.45) is 0. The number of aliphatic hydroxyl groups is 2. The van der Waals surface area contributed by atoms with Crippen LogP contribution in [0.15, 0.2) is 58.3 Å². The molecule has 2 aromatic rings. The summed E-state index contributed by atoms with van der Waals surface area (Å²) in [4.78, 5) is 2.20. The normalized spacial score (nSPS) is 19.5. The van der Waals surface area contributed by atoms with Gasteiger partial charge in [0.25, 0.3) is 0 Å². The fourth-order valence-electron chi connectivity index (χ4n) is 3.57. The molecular weight excluding hydrogens is 402 g/mol. The van der Waals surface area contributed by atoms with E-state index in [0.29, 0.717) is 30.8 Å². The molecule has 9 heteroatoms. The predicted molar refractivity (Wildman–Crippen MR) is 108 cm³/mol. The van der Waals surface area contributed by atoms with Crippen LogP contribution in [-0.4, -0.2) is 64.7 Å². The van der Waals surface area contributed by atoms with Crippen LogP contribution < -0.4 is 0 Å². The van der Waals surface area contributed by atoms with E-state index in [4.69, 9.17) is 0 Å². The first-order chi connectivity index (χ1) is 13.3. The molecule has 2 aromatic carbocycles. The number of benzene rings is 2. The van der Waals surface area contributed by atoms with Crippen molar-refractivity contribution < 1.29 is 27.7 Å². The Bertz CT molecular complexity index is 911. The third-order valence-corrected chi connectivity index (χ3v) is 9.04. The van der Waals surface area contributed by atoms with Crippen molar-refractivity contribution in [3.63, 3.8) is 0 Å². The van der Waals surface area contributed by atoms with Crippen LogP contribution >= 0.6 is 10.6 Å². The van der Waals surface area contributed by atoms with Crippen molar-refractivity contribution in [2.24, 2.45) is 0 Å². The lowest BCUT2D eigenvalue weighted by Crippen LogP contribution is -2.30. The van der Waals surface area contributed by atoms with Crippen LogP contribution in [0.25, 0.3) is 0 Å². The van der Waals surface area contributed by atoms with Crippen LogP contribution in [0, 0.1) is 0 Å². The SMILES string of the molecule is O=S(=O)(c1ccccc1)C1CS(O)(O)c2cccc(CN(CCO)CCO)c21. The van der Waals surface area contributed by atoms with E-state index in [9.17, 15) is 27.7 Å². The molecule has 7 nitrogen and oxygen atoms in total. The third-order valence-electron chi connectivity index (χ3n) is 4.89. The number of hydrogen-bond donors (Lipinski definition) is 4. The monoisotopic (exact) mass is 427 g/mol. The summed E-state index contributed by atoms with van der Waals surface area (Å²) in [6, 6.07) is 13.0. The van der Waals surface area contributed by atoms with E-state index in [2.05, 4.69) is 0 Å². The molecule has 0 fully saturated rings. The number of nitrogens with zero attached hydrogens (tertiary/aromatic N) is 1. The van der Waals surface area contributed by atoms with E-state index in [1.165, 1.54) is 12.1 Å². The Labute approximate surface area is 166 Å². The maximum atomic E-state index is 13.3. The molecular formula is C19H25NO6S2. The van der Waals surface area contributed by atoms with Gasteiger partial charge in [-0.2, -0.15) is 10.6 Å². The van der Waals surface area contributed by atoms with Crippen LogP contribution in [-0.2, 0) is 16.4 Å². The zero-order valence-corrected chi connectivity index (χ0v) is 16.9. The smallest absolute Gasteiger partial charge is 0.187 e. The molecule has 0 spiro atoms. The lowest BCUT2D eigenvalue weighted by atomic mass is 10.0. The highest BCUT2D eigenvalue weighted by Gasteiger charge is 2.44. The number of sulfone groups is 1. The number of aliphatic hydroxyl groups excluding tert-OH is 2. The Hall–Kier alpha value is -1.46. The fraction of sp³-hybridized carbons (Fsp3) is 0.368. The van der Waals surface area contributed by atoms with Gasteiger partial charge >= 0.3 is 0 Å². The molecule has 0 amide bonds. The zero-order valence-electron chi connectivity index (χ0n) is 15.3. The standard InChI is InChI=1S/C19H25NO6S2/c21-11-9-20(10-12-22)13-15-5-4-8-17-19(15)18(14-27(17,23)24)28(25,26)16-6-2-1-3-7-16/h1-8,18,21-24H,9-14H2. The Balaban J connectivity index is 2.08. The van der Waals surface area contributed by atoms with Crippen LogP contribution in [0.4, 0.5) is 0 Å². The van der Waals surface area contributed by atoms with Crippen molar-refractivity contribution in [2.75, 3.05) is 32.1 Å². The van der Waals surface area contributed by atoms with Gasteiger partial charge in [-0.15, -0.1) is 0 Å². The van der Waals surface area contributed by atoms with Crippen molar-refractivity contribution in [3.8, 4) is 0 Å². The molecule has 0 aliphatic carbocycles. The second-order valence-electron chi connectivity index (χ2n) is 6.73. The topological polar surface area (TPSA) is 118 Å².